The van der Waals surface area contributed by atoms with Gasteiger partial charge in [-0.3, -0.25) is 4.57 Å². The Kier molecular flexibility index (Phi) is 3.97. The van der Waals surface area contributed by atoms with Crippen molar-refractivity contribution in [3.05, 3.63) is 47.5 Å². The highest BCUT2D eigenvalue weighted by Gasteiger charge is 2.13. The van der Waals surface area contributed by atoms with E-state index in [1.165, 1.54) is 18.3 Å². The Labute approximate surface area is 113 Å². The lowest BCUT2D eigenvalue weighted by Crippen LogP contribution is -2.08. The Morgan fingerprint density at radius 3 is 2.90 bits per heavy atom. The van der Waals surface area contributed by atoms with Gasteiger partial charge in [-0.1, -0.05) is 6.07 Å². The van der Waals surface area contributed by atoms with Gasteiger partial charge in [0, 0.05) is 12.4 Å². The van der Waals surface area contributed by atoms with Gasteiger partial charge in [0.1, 0.15) is 12.4 Å². The molecule has 1 N–H and O–H groups in total. The summed E-state index contributed by atoms with van der Waals surface area (Å²) >= 11 is 0. The molecule has 2 aromatic rings. The number of carboxylic acid groups (broad SMARTS) is 1. The van der Waals surface area contributed by atoms with E-state index in [1.807, 2.05) is 0 Å². The molecule has 0 radical (unpaired) electrons. The van der Waals surface area contributed by atoms with Crippen molar-refractivity contribution in [2.75, 3.05) is 0 Å². The molecule has 0 aliphatic heterocycles. The van der Waals surface area contributed by atoms with Gasteiger partial charge in [0.2, 0.25) is 0 Å². The van der Waals surface area contributed by atoms with Crippen LogP contribution in [-0.4, -0.2) is 20.6 Å². The van der Waals surface area contributed by atoms with Crippen LogP contribution >= 0.6 is 0 Å². The minimum Gasteiger partial charge on any atom is -0.485 e. The molecule has 5 nitrogen and oxygen atoms in total. The van der Waals surface area contributed by atoms with Crippen LogP contribution in [0.25, 0.3) is 0 Å². The van der Waals surface area contributed by atoms with E-state index in [0.717, 1.165) is 6.20 Å². The number of imidazole rings is 1. The van der Waals surface area contributed by atoms with Crippen LogP contribution in [0.1, 0.15) is 28.3 Å². The molecule has 0 atom stereocenters. The van der Waals surface area contributed by atoms with Gasteiger partial charge in [0.15, 0.2) is 5.82 Å². The van der Waals surface area contributed by atoms with Crippen LogP contribution < -0.4 is 4.74 Å². The van der Waals surface area contributed by atoms with Crippen LogP contribution in [0.15, 0.2) is 30.6 Å². The number of hydrogen-bond acceptors (Lipinski definition) is 3. The predicted octanol–water partition coefficient (Wildman–Crippen LogP) is 2.86. The maximum absolute atomic E-state index is 12.6. The van der Waals surface area contributed by atoms with Crippen LogP contribution in [0.3, 0.4) is 0 Å². The largest absolute Gasteiger partial charge is 0.485 e. The third-order valence-electron chi connectivity index (χ3n) is 2.75. The van der Waals surface area contributed by atoms with Gasteiger partial charge >= 0.3 is 12.5 Å². The molecular formula is C13H12F2N2O3. The SMILES string of the molecule is Cc1ccc(C(=O)O)cc1OCc1nccn1C(F)F. The number of aromatic carboxylic acids is 1. The maximum Gasteiger partial charge on any atom is 0.335 e. The molecular weight excluding hydrogens is 270 g/mol. The third kappa shape index (κ3) is 2.93. The van der Waals surface area contributed by atoms with Crippen molar-refractivity contribution in [1.82, 2.24) is 9.55 Å². The Morgan fingerprint density at radius 1 is 1.50 bits per heavy atom. The molecule has 0 bridgehead atoms. The van der Waals surface area contributed by atoms with Gasteiger partial charge in [-0.25, -0.2) is 9.78 Å². The number of aryl methyl sites for hydroxylation is 1. The minimum absolute atomic E-state index is 0.0696. The standard InChI is InChI=1S/C13H12F2N2O3/c1-8-2-3-9(12(18)19)6-10(8)20-7-11-16-4-5-17(11)13(14)15/h2-6,13H,7H2,1H3,(H,18,19). The topological polar surface area (TPSA) is 64.3 Å². The normalized spacial score (nSPS) is 10.8. The summed E-state index contributed by atoms with van der Waals surface area (Å²) in [6.45, 7) is -1.12. The quantitative estimate of drug-likeness (QED) is 0.915. The lowest BCUT2D eigenvalue weighted by molar-refractivity contribution is 0.0632. The highest BCUT2D eigenvalue weighted by molar-refractivity contribution is 5.88. The van der Waals surface area contributed by atoms with E-state index < -0.39 is 12.5 Å². The Hall–Kier alpha value is -2.44. The van der Waals surface area contributed by atoms with E-state index in [4.69, 9.17) is 9.84 Å². The molecule has 7 heteroatoms. The molecule has 1 aromatic heterocycles. The van der Waals surface area contributed by atoms with Gasteiger partial charge in [-0.15, -0.1) is 0 Å². The molecule has 106 valence electrons. The van der Waals surface area contributed by atoms with Crippen molar-refractivity contribution in [2.24, 2.45) is 0 Å². The molecule has 0 fully saturated rings. The van der Waals surface area contributed by atoms with Crippen molar-refractivity contribution in [2.45, 2.75) is 20.1 Å². The molecule has 0 amide bonds. The average molecular weight is 282 g/mol. The van der Waals surface area contributed by atoms with E-state index in [0.29, 0.717) is 15.9 Å². The number of benzene rings is 1. The molecule has 1 heterocycles. The minimum atomic E-state index is -2.69. The summed E-state index contributed by atoms with van der Waals surface area (Å²) < 4.78 is 31.3. The first-order valence-electron chi connectivity index (χ1n) is 5.75. The van der Waals surface area contributed by atoms with E-state index in [-0.39, 0.29) is 18.0 Å². The fraction of sp³-hybridized carbons (Fsp3) is 0.231. The van der Waals surface area contributed by atoms with Crippen LogP contribution in [0.4, 0.5) is 8.78 Å². The highest BCUT2D eigenvalue weighted by atomic mass is 19.3. The Balaban J connectivity index is 2.16. The van der Waals surface area contributed by atoms with Crippen molar-refractivity contribution in [3.63, 3.8) is 0 Å². The van der Waals surface area contributed by atoms with E-state index in [1.54, 1.807) is 13.0 Å². The fourth-order valence-corrected chi connectivity index (χ4v) is 1.66. The first-order valence-corrected chi connectivity index (χ1v) is 5.75. The summed E-state index contributed by atoms with van der Waals surface area (Å²) in [6, 6.07) is 4.40. The summed E-state index contributed by atoms with van der Waals surface area (Å²) in [6.07, 6.45) is 2.41. The van der Waals surface area contributed by atoms with Gasteiger partial charge in [0.05, 0.1) is 5.56 Å². The first-order chi connectivity index (χ1) is 9.49. The number of nitrogens with zero attached hydrogens (tertiary/aromatic N) is 2. The summed E-state index contributed by atoms with van der Waals surface area (Å²) in [5, 5.41) is 8.90. The highest BCUT2D eigenvalue weighted by Crippen LogP contribution is 2.21. The molecule has 0 saturated heterocycles. The van der Waals surface area contributed by atoms with Crippen LogP contribution in [0.2, 0.25) is 0 Å². The monoisotopic (exact) mass is 282 g/mol. The van der Waals surface area contributed by atoms with Gasteiger partial charge in [0.25, 0.3) is 0 Å². The molecule has 0 saturated carbocycles. The molecule has 0 aliphatic carbocycles. The van der Waals surface area contributed by atoms with Crippen molar-refractivity contribution >= 4 is 5.97 Å². The average Bonchev–Trinajstić information content (AvgIpc) is 2.86. The second kappa shape index (κ2) is 5.68. The number of carboxylic acids is 1. The Morgan fingerprint density at radius 2 is 2.25 bits per heavy atom. The summed E-state index contributed by atoms with van der Waals surface area (Å²) in [5.74, 6) is -0.683. The Bertz CT molecular complexity index is 626. The third-order valence-corrected chi connectivity index (χ3v) is 2.75. The molecule has 2 rings (SSSR count). The fourth-order valence-electron chi connectivity index (χ4n) is 1.66. The zero-order chi connectivity index (χ0) is 14.7. The summed E-state index contributed by atoms with van der Waals surface area (Å²) in [4.78, 5) is 14.7. The van der Waals surface area contributed by atoms with Gasteiger partial charge < -0.3 is 9.84 Å². The number of alkyl halides is 2. The number of carbonyl (C=O) groups is 1. The molecule has 0 aliphatic rings. The van der Waals surface area contributed by atoms with Crippen molar-refractivity contribution in [3.8, 4) is 5.75 Å². The van der Waals surface area contributed by atoms with E-state index >= 15 is 0 Å². The zero-order valence-corrected chi connectivity index (χ0v) is 10.6. The molecule has 1 aromatic carbocycles. The number of halogens is 2. The predicted molar refractivity (Wildman–Crippen MR) is 66.0 cm³/mol. The van der Waals surface area contributed by atoms with Gasteiger partial charge in [-0.2, -0.15) is 8.78 Å². The summed E-state index contributed by atoms with van der Waals surface area (Å²) in [7, 11) is 0. The lowest BCUT2D eigenvalue weighted by atomic mass is 10.1. The molecule has 20 heavy (non-hydrogen) atoms. The summed E-state index contributed by atoms with van der Waals surface area (Å²) in [5.41, 5.74) is 0.785. The zero-order valence-electron chi connectivity index (χ0n) is 10.6. The van der Waals surface area contributed by atoms with Crippen LogP contribution in [0, 0.1) is 6.92 Å². The van der Waals surface area contributed by atoms with Crippen LogP contribution in [-0.2, 0) is 6.61 Å². The number of rotatable bonds is 5. The van der Waals surface area contributed by atoms with Gasteiger partial charge in [-0.05, 0) is 24.6 Å². The van der Waals surface area contributed by atoms with Crippen molar-refractivity contribution < 1.29 is 23.4 Å². The smallest absolute Gasteiger partial charge is 0.335 e. The number of ether oxygens (including phenoxy) is 1. The maximum atomic E-state index is 12.6. The van der Waals surface area contributed by atoms with E-state index in [2.05, 4.69) is 4.98 Å². The lowest BCUT2D eigenvalue weighted by Gasteiger charge is -2.11. The molecule has 0 spiro atoms. The van der Waals surface area contributed by atoms with Crippen molar-refractivity contribution in [1.29, 1.82) is 0 Å². The second-order valence-electron chi connectivity index (χ2n) is 4.10. The molecule has 0 unspecified atom stereocenters. The van der Waals surface area contributed by atoms with Crippen LogP contribution in [0.5, 0.6) is 5.75 Å². The van der Waals surface area contributed by atoms with E-state index in [9.17, 15) is 13.6 Å². The number of hydrogen-bond donors (Lipinski definition) is 1. The first kappa shape index (κ1) is 14.0. The number of aromatic nitrogens is 2. The second-order valence-corrected chi connectivity index (χ2v) is 4.10.